The van der Waals surface area contributed by atoms with Crippen LogP contribution in [0.15, 0.2) is 72.8 Å². The fourth-order valence-electron chi connectivity index (χ4n) is 4.15. The highest BCUT2D eigenvalue weighted by Gasteiger charge is 2.20. The Balaban J connectivity index is 1.30. The first-order chi connectivity index (χ1) is 16.6. The Morgan fingerprint density at radius 2 is 1.82 bits per heavy atom. The third kappa shape index (κ3) is 6.59. The maximum atomic E-state index is 11.5. The molecule has 3 aromatic carbocycles. The lowest BCUT2D eigenvalue weighted by Gasteiger charge is -2.27. The maximum Gasteiger partial charge on any atom is 0.344 e. The number of para-hydroxylation sites is 1. The van der Waals surface area contributed by atoms with Crippen LogP contribution in [0.5, 0.6) is 17.2 Å². The van der Waals surface area contributed by atoms with Crippen LogP contribution < -0.4 is 14.8 Å². The Morgan fingerprint density at radius 1 is 1.00 bits per heavy atom. The summed E-state index contributed by atoms with van der Waals surface area (Å²) in [5.74, 6) is 1.76. The van der Waals surface area contributed by atoms with Crippen LogP contribution in [0.2, 0.25) is 0 Å². The van der Waals surface area contributed by atoms with Crippen molar-refractivity contribution in [3.63, 3.8) is 0 Å². The normalized spacial score (nSPS) is 15.8. The highest BCUT2D eigenvalue weighted by molar-refractivity contribution is 5.71. The fraction of sp³-hybridized carbons (Fsp3) is 0.321. The van der Waals surface area contributed by atoms with Crippen molar-refractivity contribution < 1.29 is 24.1 Å². The van der Waals surface area contributed by atoms with Crippen molar-refractivity contribution in [2.45, 2.75) is 38.3 Å². The summed E-state index contributed by atoms with van der Waals surface area (Å²) < 4.78 is 16.4. The number of hydrogen-bond donors (Lipinski definition) is 2. The molecule has 178 valence electrons. The SMILES string of the molecule is CCOC(=O)COc1ccc2c(c1)C[C@@H](NC[C@@H](O)c1cccc(Oc3ccccc3)c1)CC2. The van der Waals surface area contributed by atoms with Crippen molar-refractivity contribution in [2.75, 3.05) is 19.8 Å². The van der Waals surface area contributed by atoms with Gasteiger partial charge in [-0.2, -0.15) is 0 Å². The van der Waals surface area contributed by atoms with E-state index in [0.29, 0.717) is 24.7 Å². The number of aliphatic hydroxyl groups excluding tert-OH is 1. The van der Waals surface area contributed by atoms with E-state index in [1.165, 1.54) is 11.1 Å². The van der Waals surface area contributed by atoms with Gasteiger partial charge in [-0.3, -0.25) is 0 Å². The van der Waals surface area contributed by atoms with E-state index in [4.69, 9.17) is 14.2 Å². The molecule has 1 aliphatic rings. The zero-order valence-electron chi connectivity index (χ0n) is 19.4. The molecule has 6 nitrogen and oxygen atoms in total. The van der Waals surface area contributed by atoms with Gasteiger partial charge in [0, 0.05) is 12.6 Å². The van der Waals surface area contributed by atoms with Gasteiger partial charge in [-0.15, -0.1) is 0 Å². The molecule has 0 radical (unpaired) electrons. The highest BCUT2D eigenvalue weighted by atomic mass is 16.6. The van der Waals surface area contributed by atoms with Gasteiger partial charge in [0.1, 0.15) is 17.2 Å². The van der Waals surface area contributed by atoms with E-state index < -0.39 is 6.10 Å². The van der Waals surface area contributed by atoms with Crippen molar-refractivity contribution >= 4 is 5.97 Å². The van der Waals surface area contributed by atoms with E-state index in [9.17, 15) is 9.90 Å². The van der Waals surface area contributed by atoms with E-state index in [0.717, 1.165) is 30.6 Å². The highest BCUT2D eigenvalue weighted by Crippen LogP contribution is 2.27. The van der Waals surface area contributed by atoms with E-state index >= 15 is 0 Å². The molecule has 0 saturated carbocycles. The van der Waals surface area contributed by atoms with Gasteiger partial charge in [0.15, 0.2) is 6.61 Å². The number of benzene rings is 3. The second-order valence-electron chi connectivity index (χ2n) is 8.38. The molecule has 2 N–H and O–H groups in total. The summed E-state index contributed by atoms with van der Waals surface area (Å²) in [6, 6.07) is 23.4. The molecule has 0 unspecified atom stereocenters. The van der Waals surface area contributed by atoms with Crippen molar-refractivity contribution in [1.29, 1.82) is 0 Å². The Hall–Kier alpha value is -3.35. The number of hydrogen-bond acceptors (Lipinski definition) is 6. The van der Waals surface area contributed by atoms with Crippen LogP contribution >= 0.6 is 0 Å². The first-order valence-corrected chi connectivity index (χ1v) is 11.7. The summed E-state index contributed by atoms with van der Waals surface area (Å²) in [5.41, 5.74) is 3.32. The van der Waals surface area contributed by atoms with Crippen LogP contribution in [0, 0.1) is 0 Å². The number of rotatable bonds is 10. The molecule has 34 heavy (non-hydrogen) atoms. The third-order valence-electron chi connectivity index (χ3n) is 5.89. The quantitative estimate of drug-likeness (QED) is 0.430. The molecule has 0 heterocycles. The summed E-state index contributed by atoms with van der Waals surface area (Å²) in [7, 11) is 0. The number of aryl methyl sites for hydroxylation is 1. The fourth-order valence-corrected chi connectivity index (χ4v) is 4.15. The summed E-state index contributed by atoms with van der Waals surface area (Å²) in [4.78, 5) is 11.5. The number of aliphatic hydroxyl groups is 1. The van der Waals surface area contributed by atoms with Crippen LogP contribution in [-0.4, -0.2) is 36.9 Å². The largest absolute Gasteiger partial charge is 0.482 e. The summed E-state index contributed by atoms with van der Waals surface area (Å²) in [5, 5.41) is 14.3. The summed E-state index contributed by atoms with van der Waals surface area (Å²) >= 11 is 0. The van der Waals surface area contributed by atoms with Crippen LogP contribution in [0.4, 0.5) is 0 Å². The number of ether oxygens (including phenoxy) is 3. The van der Waals surface area contributed by atoms with Crippen LogP contribution in [0.1, 0.15) is 36.1 Å². The second-order valence-corrected chi connectivity index (χ2v) is 8.38. The summed E-state index contributed by atoms with van der Waals surface area (Å²) in [6.07, 6.45) is 2.16. The Kier molecular flexibility index (Phi) is 8.17. The predicted octanol–water partition coefficient (Wildman–Crippen LogP) is 4.60. The van der Waals surface area contributed by atoms with E-state index in [2.05, 4.69) is 11.4 Å². The van der Waals surface area contributed by atoms with Crippen molar-refractivity contribution in [3.05, 3.63) is 89.5 Å². The topological polar surface area (TPSA) is 77.0 Å². The predicted molar refractivity (Wildman–Crippen MR) is 130 cm³/mol. The summed E-state index contributed by atoms with van der Waals surface area (Å²) in [6.45, 7) is 2.48. The maximum absolute atomic E-state index is 11.5. The third-order valence-corrected chi connectivity index (χ3v) is 5.89. The molecule has 0 fully saturated rings. The molecule has 6 heteroatoms. The van der Waals surface area contributed by atoms with E-state index in [1.54, 1.807) is 6.92 Å². The number of nitrogens with one attached hydrogen (secondary N) is 1. The van der Waals surface area contributed by atoms with Gasteiger partial charge < -0.3 is 24.6 Å². The van der Waals surface area contributed by atoms with Gasteiger partial charge in [-0.25, -0.2) is 4.79 Å². The van der Waals surface area contributed by atoms with Gasteiger partial charge in [-0.1, -0.05) is 36.4 Å². The molecule has 0 aliphatic heterocycles. The molecule has 3 aromatic rings. The van der Waals surface area contributed by atoms with Gasteiger partial charge in [0.2, 0.25) is 0 Å². The zero-order chi connectivity index (χ0) is 23.8. The van der Waals surface area contributed by atoms with Crippen LogP contribution in [0.25, 0.3) is 0 Å². The molecule has 0 saturated heterocycles. The minimum absolute atomic E-state index is 0.0897. The molecular weight excluding hydrogens is 430 g/mol. The molecule has 4 rings (SSSR count). The van der Waals surface area contributed by atoms with E-state index in [-0.39, 0.29) is 18.6 Å². The molecule has 0 aromatic heterocycles. The van der Waals surface area contributed by atoms with Gasteiger partial charge in [0.05, 0.1) is 12.7 Å². The average molecular weight is 462 g/mol. The molecule has 0 amide bonds. The molecule has 1 aliphatic carbocycles. The first-order valence-electron chi connectivity index (χ1n) is 11.7. The van der Waals surface area contributed by atoms with Crippen molar-refractivity contribution in [1.82, 2.24) is 5.32 Å². The van der Waals surface area contributed by atoms with Gasteiger partial charge in [-0.05, 0) is 79.3 Å². The molecule has 0 bridgehead atoms. The molecule has 0 spiro atoms. The minimum Gasteiger partial charge on any atom is -0.482 e. The van der Waals surface area contributed by atoms with Gasteiger partial charge in [0.25, 0.3) is 0 Å². The standard InChI is InChI=1S/C28H31NO5/c1-2-32-28(31)19-33-25-14-12-20-11-13-23(15-22(20)17-25)29-18-27(30)21-7-6-10-26(16-21)34-24-8-4-3-5-9-24/h3-10,12,14,16-17,23,27,29-30H,2,11,13,15,18-19H2,1H3/t23-,27+/m0/s1. The molecular formula is C28H31NO5. The monoisotopic (exact) mass is 461 g/mol. The zero-order valence-corrected chi connectivity index (χ0v) is 19.4. The Morgan fingerprint density at radius 3 is 2.65 bits per heavy atom. The van der Waals surface area contributed by atoms with Gasteiger partial charge >= 0.3 is 5.97 Å². The lowest BCUT2D eigenvalue weighted by atomic mass is 9.88. The number of fused-ring (bicyclic) bond motifs is 1. The smallest absolute Gasteiger partial charge is 0.344 e. The van der Waals surface area contributed by atoms with Crippen molar-refractivity contribution in [2.24, 2.45) is 0 Å². The Bertz CT molecular complexity index is 1090. The van der Waals surface area contributed by atoms with E-state index in [1.807, 2.05) is 66.7 Å². The second kappa shape index (κ2) is 11.7. The molecule has 2 atom stereocenters. The average Bonchev–Trinajstić information content (AvgIpc) is 2.86. The Labute approximate surface area is 200 Å². The lowest BCUT2D eigenvalue weighted by Crippen LogP contribution is -2.37. The van der Waals surface area contributed by atoms with Crippen LogP contribution in [-0.2, 0) is 22.4 Å². The number of esters is 1. The van der Waals surface area contributed by atoms with Crippen LogP contribution in [0.3, 0.4) is 0 Å². The number of carbonyl (C=O) groups is 1. The number of carbonyl (C=O) groups excluding carboxylic acids is 1. The minimum atomic E-state index is -0.639. The first kappa shape index (κ1) is 23.8. The van der Waals surface area contributed by atoms with Crippen molar-refractivity contribution in [3.8, 4) is 17.2 Å². The lowest BCUT2D eigenvalue weighted by molar-refractivity contribution is -0.145.